The summed E-state index contributed by atoms with van der Waals surface area (Å²) in [5.74, 6) is 0.684. The molecule has 7 nitrogen and oxygen atoms in total. The van der Waals surface area contributed by atoms with E-state index in [1.165, 1.54) is 0 Å². The molecule has 2 aromatic rings. The van der Waals surface area contributed by atoms with Crippen molar-refractivity contribution in [2.24, 2.45) is 0 Å². The van der Waals surface area contributed by atoms with Gasteiger partial charge < -0.3 is 15.0 Å². The number of nitrogens with one attached hydrogen (secondary N) is 2. The number of rotatable bonds is 8. The van der Waals surface area contributed by atoms with Gasteiger partial charge in [-0.1, -0.05) is 12.1 Å². The number of ether oxygens (including phenoxy) is 1. The van der Waals surface area contributed by atoms with E-state index < -0.39 is 0 Å². The summed E-state index contributed by atoms with van der Waals surface area (Å²) in [7, 11) is 0. The topological polar surface area (TPSA) is 87.3 Å². The fourth-order valence-corrected chi connectivity index (χ4v) is 3.11. The number of para-hydroxylation sites is 1. The highest BCUT2D eigenvalue weighted by Crippen LogP contribution is 2.07. The van der Waals surface area contributed by atoms with Gasteiger partial charge in [0.05, 0.1) is 24.1 Å². The Hall–Kier alpha value is -2.25. The van der Waals surface area contributed by atoms with Crippen molar-refractivity contribution >= 4 is 16.8 Å². The molecule has 2 heterocycles. The van der Waals surface area contributed by atoms with Crippen LogP contribution in [0, 0.1) is 0 Å². The van der Waals surface area contributed by atoms with Crippen molar-refractivity contribution in [1.29, 1.82) is 0 Å². The van der Waals surface area contributed by atoms with Crippen LogP contribution in [-0.2, 0) is 16.0 Å². The number of aromatic amines is 1. The van der Waals surface area contributed by atoms with Gasteiger partial charge in [-0.05, 0) is 31.5 Å². The smallest absolute Gasteiger partial charge is 0.258 e. The van der Waals surface area contributed by atoms with Gasteiger partial charge >= 0.3 is 0 Å². The number of morpholine rings is 1. The number of benzene rings is 1. The van der Waals surface area contributed by atoms with Crippen LogP contribution in [0.2, 0.25) is 0 Å². The number of fused-ring (bicyclic) bond motifs is 1. The fraction of sp³-hybridized carbons (Fsp3) is 0.526. The second kappa shape index (κ2) is 9.45. The first kappa shape index (κ1) is 18.5. The molecule has 26 heavy (non-hydrogen) atoms. The quantitative estimate of drug-likeness (QED) is 0.690. The maximum Gasteiger partial charge on any atom is 0.258 e. The summed E-state index contributed by atoms with van der Waals surface area (Å²) in [5, 5.41) is 3.55. The van der Waals surface area contributed by atoms with Crippen LogP contribution in [0.1, 0.15) is 25.1 Å². The number of hydrogen-bond acceptors (Lipinski definition) is 5. The molecule has 0 radical (unpaired) electrons. The van der Waals surface area contributed by atoms with Gasteiger partial charge in [0.15, 0.2) is 0 Å². The Bertz CT molecular complexity index is 784. The minimum Gasteiger partial charge on any atom is -0.379 e. The van der Waals surface area contributed by atoms with Gasteiger partial charge in [0, 0.05) is 32.5 Å². The summed E-state index contributed by atoms with van der Waals surface area (Å²) >= 11 is 0. The largest absolute Gasteiger partial charge is 0.379 e. The number of amides is 1. The van der Waals surface area contributed by atoms with Gasteiger partial charge in [0.1, 0.15) is 5.82 Å². The lowest BCUT2D eigenvalue weighted by Gasteiger charge is -2.26. The molecule has 1 fully saturated rings. The maximum atomic E-state index is 12.0. The van der Waals surface area contributed by atoms with E-state index in [0.29, 0.717) is 42.5 Å². The van der Waals surface area contributed by atoms with E-state index in [9.17, 15) is 9.59 Å². The average molecular weight is 358 g/mol. The molecule has 140 valence electrons. The van der Waals surface area contributed by atoms with Gasteiger partial charge in [-0.25, -0.2) is 4.98 Å². The third-order valence-electron chi connectivity index (χ3n) is 4.56. The van der Waals surface area contributed by atoms with Crippen LogP contribution in [0.5, 0.6) is 0 Å². The summed E-state index contributed by atoms with van der Waals surface area (Å²) in [6.45, 7) is 5.25. The summed E-state index contributed by atoms with van der Waals surface area (Å²) in [5.41, 5.74) is 0.567. The van der Waals surface area contributed by atoms with Crippen LogP contribution in [0.3, 0.4) is 0 Å². The van der Waals surface area contributed by atoms with Crippen molar-refractivity contribution < 1.29 is 9.53 Å². The molecule has 2 N–H and O–H groups in total. The molecule has 0 aliphatic carbocycles. The van der Waals surface area contributed by atoms with Crippen molar-refractivity contribution in [3.63, 3.8) is 0 Å². The molecule has 7 heteroatoms. The molecule has 0 saturated carbocycles. The first-order valence-electron chi connectivity index (χ1n) is 9.27. The molecule has 0 atom stereocenters. The minimum absolute atomic E-state index is 0.0510. The SMILES string of the molecule is O=C(CCCc1nc2ccccc2c(=O)[nH]1)NCCCN1CCOCC1. The van der Waals surface area contributed by atoms with Crippen molar-refractivity contribution in [2.75, 3.05) is 39.4 Å². The molecular formula is C19H26N4O3. The Balaban J connectivity index is 1.35. The van der Waals surface area contributed by atoms with E-state index in [1.54, 1.807) is 6.07 Å². The van der Waals surface area contributed by atoms with Crippen LogP contribution in [0.15, 0.2) is 29.1 Å². The average Bonchev–Trinajstić information content (AvgIpc) is 2.66. The molecule has 1 saturated heterocycles. The Kier molecular flexibility index (Phi) is 6.74. The van der Waals surface area contributed by atoms with Gasteiger partial charge in [0.25, 0.3) is 5.56 Å². The van der Waals surface area contributed by atoms with Crippen LogP contribution in [0.25, 0.3) is 10.9 Å². The number of hydrogen-bond donors (Lipinski definition) is 2. The third kappa shape index (κ3) is 5.37. The van der Waals surface area contributed by atoms with Gasteiger partial charge in [-0.3, -0.25) is 14.5 Å². The molecule has 1 amide bonds. The zero-order valence-electron chi connectivity index (χ0n) is 15.0. The van der Waals surface area contributed by atoms with Crippen molar-refractivity contribution in [1.82, 2.24) is 20.2 Å². The lowest BCUT2D eigenvalue weighted by molar-refractivity contribution is -0.121. The van der Waals surface area contributed by atoms with E-state index in [1.807, 2.05) is 18.2 Å². The normalized spacial score (nSPS) is 15.2. The van der Waals surface area contributed by atoms with Crippen LogP contribution < -0.4 is 10.9 Å². The highest BCUT2D eigenvalue weighted by Gasteiger charge is 2.10. The lowest BCUT2D eigenvalue weighted by Crippen LogP contribution is -2.38. The zero-order valence-corrected chi connectivity index (χ0v) is 15.0. The number of carbonyl (C=O) groups excluding carboxylic acids is 1. The Morgan fingerprint density at radius 1 is 1.23 bits per heavy atom. The molecule has 1 aliphatic heterocycles. The van der Waals surface area contributed by atoms with E-state index in [-0.39, 0.29) is 11.5 Å². The Morgan fingerprint density at radius 2 is 2.04 bits per heavy atom. The maximum absolute atomic E-state index is 12.0. The van der Waals surface area contributed by atoms with Crippen molar-refractivity contribution in [3.05, 3.63) is 40.4 Å². The molecule has 0 bridgehead atoms. The third-order valence-corrected chi connectivity index (χ3v) is 4.56. The molecule has 0 unspecified atom stereocenters. The number of carbonyl (C=O) groups is 1. The van der Waals surface area contributed by atoms with Crippen molar-refractivity contribution in [3.8, 4) is 0 Å². The van der Waals surface area contributed by atoms with Gasteiger partial charge in [0.2, 0.25) is 5.91 Å². The molecule has 1 aliphatic rings. The van der Waals surface area contributed by atoms with E-state index >= 15 is 0 Å². The molecule has 1 aromatic carbocycles. The first-order chi connectivity index (χ1) is 12.7. The molecule has 3 rings (SSSR count). The predicted molar refractivity (Wildman–Crippen MR) is 100 cm³/mol. The number of H-pyrrole nitrogens is 1. The van der Waals surface area contributed by atoms with E-state index in [2.05, 4.69) is 20.2 Å². The second-order valence-corrected chi connectivity index (χ2v) is 6.54. The molecule has 1 aromatic heterocycles. The minimum atomic E-state index is -0.127. The van der Waals surface area contributed by atoms with Crippen LogP contribution in [-0.4, -0.2) is 60.2 Å². The van der Waals surface area contributed by atoms with E-state index in [4.69, 9.17) is 4.74 Å². The Morgan fingerprint density at radius 3 is 2.88 bits per heavy atom. The molecule has 0 spiro atoms. The highest BCUT2D eigenvalue weighted by molar-refractivity contribution is 5.77. The first-order valence-corrected chi connectivity index (χ1v) is 9.27. The number of aromatic nitrogens is 2. The summed E-state index contributed by atoms with van der Waals surface area (Å²) in [6, 6.07) is 7.27. The lowest BCUT2D eigenvalue weighted by atomic mass is 10.2. The predicted octanol–water partition coefficient (Wildman–Crippen LogP) is 1.08. The Labute approximate surface area is 152 Å². The van der Waals surface area contributed by atoms with Gasteiger partial charge in [-0.2, -0.15) is 0 Å². The standard InChI is InChI=1S/C19H26N4O3/c24-18(20-9-4-10-23-11-13-26-14-12-23)8-3-7-17-21-16-6-2-1-5-15(16)19(25)22-17/h1-2,5-6H,3-4,7-14H2,(H,20,24)(H,21,22,25). The number of nitrogens with zero attached hydrogens (tertiary/aromatic N) is 2. The van der Waals surface area contributed by atoms with Crippen LogP contribution >= 0.6 is 0 Å². The van der Waals surface area contributed by atoms with E-state index in [0.717, 1.165) is 39.3 Å². The highest BCUT2D eigenvalue weighted by atomic mass is 16.5. The number of aryl methyl sites for hydroxylation is 1. The van der Waals surface area contributed by atoms with Gasteiger partial charge in [-0.15, -0.1) is 0 Å². The summed E-state index contributed by atoms with van der Waals surface area (Å²) in [4.78, 5) is 33.6. The van der Waals surface area contributed by atoms with Crippen molar-refractivity contribution in [2.45, 2.75) is 25.7 Å². The zero-order chi connectivity index (χ0) is 18.2. The fourth-order valence-electron chi connectivity index (χ4n) is 3.11. The monoisotopic (exact) mass is 358 g/mol. The molecular weight excluding hydrogens is 332 g/mol. The van der Waals surface area contributed by atoms with Crippen LogP contribution in [0.4, 0.5) is 0 Å². The summed E-state index contributed by atoms with van der Waals surface area (Å²) in [6.07, 6.45) is 2.64. The summed E-state index contributed by atoms with van der Waals surface area (Å²) < 4.78 is 5.32. The second-order valence-electron chi connectivity index (χ2n) is 6.54.